The summed E-state index contributed by atoms with van der Waals surface area (Å²) in [7, 11) is 0. The van der Waals surface area contributed by atoms with Crippen LogP contribution < -0.4 is 0 Å². The summed E-state index contributed by atoms with van der Waals surface area (Å²) in [5.41, 5.74) is 1.01. The number of ether oxygens (including phenoxy) is 1. The van der Waals surface area contributed by atoms with Gasteiger partial charge in [-0.25, -0.2) is 0 Å². The van der Waals surface area contributed by atoms with Crippen molar-refractivity contribution in [1.29, 1.82) is 0 Å². The summed E-state index contributed by atoms with van der Waals surface area (Å²) in [6.45, 7) is 2.18. The fourth-order valence-corrected chi connectivity index (χ4v) is 3.07. The summed E-state index contributed by atoms with van der Waals surface area (Å²) < 4.78 is 5.92. The zero-order chi connectivity index (χ0) is 12.1. The average Bonchev–Trinajstić information content (AvgIpc) is 2.28. The monoisotopic (exact) mass is 412 g/mol. The molecule has 88 valence electrons. The number of rotatable bonds is 4. The van der Waals surface area contributed by atoms with Crippen molar-refractivity contribution in [1.82, 2.24) is 0 Å². The Balaban J connectivity index is 2.82. The Morgan fingerprint density at radius 2 is 2.00 bits per heavy atom. The van der Waals surface area contributed by atoms with Crippen molar-refractivity contribution < 1.29 is 9.53 Å². The molecule has 0 saturated carbocycles. The van der Waals surface area contributed by atoms with Gasteiger partial charge in [-0.2, -0.15) is 0 Å². The Morgan fingerprint density at radius 3 is 2.56 bits per heavy atom. The number of carbonyl (C=O) groups excluding carboxylic acids is 1. The SMILES string of the molecule is CCOC(=O)C(Br)C(Br)c1ccccc1Br. The molecule has 0 aromatic heterocycles. The molecule has 2 unspecified atom stereocenters. The highest BCUT2D eigenvalue weighted by atomic mass is 79.9. The number of carbonyl (C=O) groups is 1. The molecule has 0 aliphatic carbocycles. The third kappa shape index (κ3) is 3.57. The average molecular weight is 415 g/mol. The van der Waals surface area contributed by atoms with E-state index < -0.39 is 4.83 Å². The number of benzene rings is 1. The van der Waals surface area contributed by atoms with Gasteiger partial charge in [0.05, 0.1) is 11.4 Å². The quantitative estimate of drug-likeness (QED) is 0.545. The molecular weight excluding hydrogens is 404 g/mol. The molecule has 1 aromatic rings. The van der Waals surface area contributed by atoms with Crippen LogP contribution in [0.5, 0.6) is 0 Å². The van der Waals surface area contributed by atoms with Crippen molar-refractivity contribution in [2.75, 3.05) is 6.61 Å². The van der Waals surface area contributed by atoms with Crippen molar-refractivity contribution in [3.05, 3.63) is 34.3 Å². The second-order valence-electron chi connectivity index (χ2n) is 3.08. The fourth-order valence-electron chi connectivity index (χ4n) is 1.20. The van der Waals surface area contributed by atoms with Crippen LogP contribution in [0.15, 0.2) is 28.7 Å². The van der Waals surface area contributed by atoms with E-state index in [2.05, 4.69) is 47.8 Å². The highest BCUT2D eigenvalue weighted by Gasteiger charge is 2.27. The van der Waals surface area contributed by atoms with Crippen molar-refractivity contribution in [2.45, 2.75) is 16.6 Å². The van der Waals surface area contributed by atoms with E-state index in [9.17, 15) is 4.79 Å². The van der Waals surface area contributed by atoms with E-state index in [1.54, 1.807) is 6.92 Å². The van der Waals surface area contributed by atoms with Crippen molar-refractivity contribution in [2.24, 2.45) is 0 Å². The first-order valence-corrected chi connectivity index (χ1v) is 7.39. The lowest BCUT2D eigenvalue weighted by Crippen LogP contribution is -2.21. The highest BCUT2D eigenvalue weighted by Crippen LogP contribution is 2.35. The summed E-state index contributed by atoms with van der Waals surface area (Å²) in [5, 5.41) is 0. The summed E-state index contributed by atoms with van der Waals surface area (Å²) in [6, 6.07) is 7.76. The Bertz CT molecular complexity index is 368. The molecule has 0 aliphatic heterocycles. The van der Waals surface area contributed by atoms with Crippen LogP contribution in [-0.2, 0) is 9.53 Å². The van der Waals surface area contributed by atoms with Crippen molar-refractivity contribution in [3.63, 3.8) is 0 Å². The molecule has 0 fully saturated rings. The minimum Gasteiger partial charge on any atom is -0.465 e. The van der Waals surface area contributed by atoms with Crippen LogP contribution >= 0.6 is 47.8 Å². The second-order valence-corrected chi connectivity index (χ2v) is 5.90. The van der Waals surface area contributed by atoms with Gasteiger partial charge in [-0.05, 0) is 18.6 Å². The van der Waals surface area contributed by atoms with E-state index in [0.29, 0.717) is 6.61 Å². The molecule has 5 heteroatoms. The third-order valence-corrected chi connectivity index (χ3v) is 5.33. The lowest BCUT2D eigenvalue weighted by atomic mass is 10.1. The van der Waals surface area contributed by atoms with E-state index in [0.717, 1.165) is 10.0 Å². The molecule has 0 aliphatic rings. The third-order valence-electron chi connectivity index (χ3n) is 1.97. The normalized spacial score (nSPS) is 14.2. The van der Waals surface area contributed by atoms with Crippen LogP contribution in [-0.4, -0.2) is 17.4 Å². The van der Waals surface area contributed by atoms with E-state index in [-0.39, 0.29) is 10.8 Å². The van der Waals surface area contributed by atoms with Gasteiger partial charge in [0.25, 0.3) is 0 Å². The smallest absolute Gasteiger partial charge is 0.321 e. The van der Waals surface area contributed by atoms with Crippen LogP contribution in [0.4, 0.5) is 0 Å². The number of alkyl halides is 2. The van der Waals surface area contributed by atoms with E-state index in [1.807, 2.05) is 24.3 Å². The van der Waals surface area contributed by atoms with Gasteiger partial charge in [-0.3, -0.25) is 4.79 Å². The summed E-state index contributed by atoms with van der Waals surface area (Å²) in [5.74, 6) is -0.264. The summed E-state index contributed by atoms with van der Waals surface area (Å²) in [4.78, 5) is 11.0. The summed E-state index contributed by atoms with van der Waals surface area (Å²) in [6.07, 6.45) is 0. The van der Waals surface area contributed by atoms with Crippen molar-refractivity contribution in [3.8, 4) is 0 Å². The molecule has 2 nitrogen and oxygen atoms in total. The van der Waals surface area contributed by atoms with E-state index in [1.165, 1.54) is 0 Å². The molecule has 0 amide bonds. The van der Waals surface area contributed by atoms with Gasteiger partial charge in [-0.1, -0.05) is 66.0 Å². The second kappa shape index (κ2) is 6.77. The minimum atomic E-state index is -0.397. The van der Waals surface area contributed by atoms with Crippen LogP contribution in [0.1, 0.15) is 17.3 Å². The Labute approximate surface area is 120 Å². The van der Waals surface area contributed by atoms with E-state index in [4.69, 9.17) is 4.74 Å². The zero-order valence-corrected chi connectivity index (χ0v) is 13.4. The molecular formula is C11H11Br3O2. The van der Waals surface area contributed by atoms with Crippen LogP contribution in [0, 0.1) is 0 Å². The van der Waals surface area contributed by atoms with E-state index >= 15 is 0 Å². The molecule has 0 saturated heterocycles. The topological polar surface area (TPSA) is 26.3 Å². The fraction of sp³-hybridized carbons (Fsp3) is 0.364. The molecule has 0 N–H and O–H groups in total. The Morgan fingerprint density at radius 1 is 1.38 bits per heavy atom. The standard InChI is InChI=1S/C11H11Br3O2/c1-2-16-11(15)10(14)9(13)7-5-3-4-6-8(7)12/h3-6,9-10H,2H2,1H3. The lowest BCUT2D eigenvalue weighted by molar-refractivity contribution is -0.142. The van der Waals surface area contributed by atoms with Gasteiger partial charge in [0, 0.05) is 4.47 Å². The maximum Gasteiger partial charge on any atom is 0.321 e. The Hall–Kier alpha value is 0.130. The number of halogens is 3. The van der Waals surface area contributed by atoms with Crippen LogP contribution in [0.3, 0.4) is 0 Å². The molecule has 2 atom stereocenters. The molecule has 0 radical (unpaired) electrons. The number of hydrogen-bond acceptors (Lipinski definition) is 2. The first-order valence-electron chi connectivity index (χ1n) is 4.77. The number of esters is 1. The molecule has 0 bridgehead atoms. The molecule has 0 spiro atoms. The van der Waals surface area contributed by atoms with Gasteiger partial charge >= 0.3 is 5.97 Å². The molecule has 0 heterocycles. The predicted molar refractivity (Wildman–Crippen MR) is 75.2 cm³/mol. The summed E-state index contributed by atoms with van der Waals surface area (Å²) >= 11 is 10.3. The van der Waals surface area contributed by atoms with Gasteiger partial charge in [-0.15, -0.1) is 0 Å². The first kappa shape index (κ1) is 14.2. The lowest BCUT2D eigenvalue weighted by Gasteiger charge is -2.16. The predicted octanol–water partition coefficient (Wildman–Crippen LogP) is 4.21. The molecule has 16 heavy (non-hydrogen) atoms. The largest absolute Gasteiger partial charge is 0.465 e. The van der Waals surface area contributed by atoms with Gasteiger partial charge < -0.3 is 4.74 Å². The first-order chi connectivity index (χ1) is 7.57. The van der Waals surface area contributed by atoms with Gasteiger partial charge in [0.2, 0.25) is 0 Å². The zero-order valence-electron chi connectivity index (χ0n) is 8.62. The van der Waals surface area contributed by atoms with Gasteiger partial charge in [0.15, 0.2) is 0 Å². The molecule has 1 rings (SSSR count). The Kier molecular flexibility index (Phi) is 6.00. The minimum absolute atomic E-state index is 0.123. The maximum atomic E-state index is 11.6. The number of hydrogen-bond donors (Lipinski definition) is 0. The highest BCUT2D eigenvalue weighted by molar-refractivity contribution is 9.12. The van der Waals surface area contributed by atoms with Crippen LogP contribution in [0.25, 0.3) is 0 Å². The maximum absolute atomic E-state index is 11.6. The van der Waals surface area contributed by atoms with Crippen molar-refractivity contribution >= 4 is 53.8 Å². The van der Waals surface area contributed by atoms with Crippen LogP contribution in [0.2, 0.25) is 0 Å². The van der Waals surface area contributed by atoms with Gasteiger partial charge in [0.1, 0.15) is 4.83 Å². The molecule has 1 aromatic carbocycles.